The topological polar surface area (TPSA) is 189 Å². The number of nitrogens with two attached hydrogens (primary N) is 1. The molecule has 5 N–H and O–H groups in total. The van der Waals surface area contributed by atoms with Gasteiger partial charge in [-0.25, -0.2) is 9.55 Å². The zero-order valence-corrected chi connectivity index (χ0v) is 26.1. The van der Waals surface area contributed by atoms with Crippen molar-refractivity contribution in [3.63, 3.8) is 0 Å². The summed E-state index contributed by atoms with van der Waals surface area (Å²) in [5.41, 5.74) is 6.74. The molecular weight excluding hydrogens is 587 g/mol. The number of nitrogens with zero attached hydrogens (tertiary/aromatic N) is 4. The molecule has 15 heteroatoms. The van der Waals surface area contributed by atoms with Crippen LogP contribution in [0.2, 0.25) is 0 Å². The molecule has 4 atom stereocenters. The van der Waals surface area contributed by atoms with Crippen LogP contribution in [0.4, 0.5) is 11.8 Å². The highest BCUT2D eigenvalue weighted by atomic mass is 31.2. The Morgan fingerprint density at radius 2 is 1.98 bits per heavy atom. The van der Waals surface area contributed by atoms with Crippen molar-refractivity contribution in [3.8, 4) is 5.75 Å². The molecule has 2 aromatic carbocycles. The first-order valence-corrected chi connectivity index (χ1v) is 15.7. The standard InChI is InChI=1S/C29H37N8O6P/c1-17(27(38)40-15-29(2,3)4)36-44(39,43-22-12-8-10-18-9-6-7-11-20(18)22)41-14-19-13-21(30)26(42-19)37-16-33-23-24(32-5)34-28(31)35-25(23)37/h6-12,16-17,19,26,30H,13-15H2,1-5H3,(H,36,39)(H3,31,32,34,35)/t17-,19+,26-,44+/m1/s1. The number of fused-ring (bicyclic) bond motifs is 2. The smallest absolute Gasteiger partial charge is 0.459 e. The Morgan fingerprint density at radius 1 is 1.23 bits per heavy atom. The van der Waals surface area contributed by atoms with Crippen molar-refractivity contribution in [1.29, 1.82) is 5.41 Å². The quantitative estimate of drug-likeness (QED) is 0.133. The van der Waals surface area contributed by atoms with E-state index in [0.717, 1.165) is 10.8 Å². The summed E-state index contributed by atoms with van der Waals surface area (Å²) in [6.07, 6.45) is 0.178. The fraction of sp³-hybridized carbons (Fsp3) is 0.414. The largest absolute Gasteiger partial charge is 0.464 e. The molecule has 0 spiro atoms. The van der Waals surface area contributed by atoms with Gasteiger partial charge in [-0.3, -0.25) is 13.9 Å². The van der Waals surface area contributed by atoms with Crippen LogP contribution >= 0.6 is 7.75 Å². The van der Waals surface area contributed by atoms with Crippen molar-refractivity contribution in [2.75, 3.05) is 31.3 Å². The molecule has 0 radical (unpaired) electrons. The number of anilines is 2. The number of carbonyl (C=O) groups excluding carboxylic acids is 1. The molecule has 0 unspecified atom stereocenters. The molecule has 3 heterocycles. The minimum absolute atomic E-state index is 0.0424. The average Bonchev–Trinajstić information content (AvgIpc) is 3.56. The second-order valence-electron chi connectivity index (χ2n) is 11.7. The van der Waals surface area contributed by atoms with Crippen LogP contribution in [0.5, 0.6) is 5.75 Å². The van der Waals surface area contributed by atoms with E-state index in [2.05, 4.69) is 25.4 Å². The van der Waals surface area contributed by atoms with E-state index in [0.29, 0.717) is 22.7 Å². The molecule has 0 bridgehead atoms. The van der Waals surface area contributed by atoms with Crippen LogP contribution in [0.15, 0.2) is 48.8 Å². The van der Waals surface area contributed by atoms with Gasteiger partial charge in [0.15, 0.2) is 23.2 Å². The van der Waals surface area contributed by atoms with E-state index in [9.17, 15) is 9.36 Å². The van der Waals surface area contributed by atoms with Gasteiger partial charge in [-0.1, -0.05) is 57.2 Å². The Kier molecular flexibility index (Phi) is 8.89. The highest BCUT2D eigenvalue weighted by Crippen LogP contribution is 2.47. The van der Waals surface area contributed by atoms with Crippen LogP contribution in [0.3, 0.4) is 0 Å². The predicted molar refractivity (Wildman–Crippen MR) is 167 cm³/mol. The van der Waals surface area contributed by atoms with Gasteiger partial charge < -0.3 is 30.5 Å². The number of ether oxygens (including phenoxy) is 2. The number of aromatic nitrogens is 4. The van der Waals surface area contributed by atoms with Gasteiger partial charge >= 0.3 is 13.7 Å². The van der Waals surface area contributed by atoms with E-state index in [1.165, 1.54) is 13.3 Å². The van der Waals surface area contributed by atoms with Crippen molar-refractivity contribution >= 4 is 53.1 Å². The third-order valence-corrected chi connectivity index (χ3v) is 8.38. The number of esters is 1. The lowest BCUT2D eigenvalue weighted by atomic mass is 9.99. The summed E-state index contributed by atoms with van der Waals surface area (Å²) in [4.78, 5) is 25.6. The van der Waals surface area contributed by atoms with Gasteiger partial charge in [0, 0.05) is 18.9 Å². The van der Waals surface area contributed by atoms with Gasteiger partial charge in [0.1, 0.15) is 11.8 Å². The molecule has 1 saturated heterocycles. The molecule has 1 aliphatic rings. The summed E-state index contributed by atoms with van der Waals surface area (Å²) in [6.45, 7) is 7.33. The van der Waals surface area contributed by atoms with Crippen LogP contribution in [-0.2, 0) is 23.4 Å². The molecule has 0 amide bonds. The summed E-state index contributed by atoms with van der Waals surface area (Å²) in [5, 5.41) is 15.9. The first-order chi connectivity index (χ1) is 20.9. The number of carbonyl (C=O) groups is 1. The van der Waals surface area contributed by atoms with Gasteiger partial charge in [-0.05, 0) is 23.8 Å². The fourth-order valence-corrected chi connectivity index (χ4v) is 6.19. The minimum Gasteiger partial charge on any atom is -0.464 e. The van der Waals surface area contributed by atoms with Crippen molar-refractivity contribution < 1.29 is 27.9 Å². The van der Waals surface area contributed by atoms with Crippen LogP contribution < -0.4 is 20.7 Å². The Balaban J connectivity index is 1.35. The Morgan fingerprint density at radius 3 is 2.73 bits per heavy atom. The van der Waals surface area contributed by atoms with Gasteiger partial charge in [-0.2, -0.15) is 15.1 Å². The van der Waals surface area contributed by atoms with E-state index in [4.69, 9.17) is 29.7 Å². The third kappa shape index (κ3) is 6.99. The maximum Gasteiger partial charge on any atom is 0.459 e. The van der Waals surface area contributed by atoms with E-state index >= 15 is 0 Å². The van der Waals surface area contributed by atoms with E-state index < -0.39 is 32.1 Å². The number of imidazole rings is 1. The molecular formula is C29H37N8O6P. The Bertz CT molecular complexity index is 1730. The first-order valence-electron chi connectivity index (χ1n) is 14.1. The second-order valence-corrected chi connectivity index (χ2v) is 13.4. The van der Waals surface area contributed by atoms with Crippen molar-refractivity contribution in [2.45, 2.75) is 52.5 Å². The molecule has 4 aromatic rings. The van der Waals surface area contributed by atoms with Crippen molar-refractivity contribution in [1.82, 2.24) is 24.6 Å². The summed E-state index contributed by atoms with van der Waals surface area (Å²) >= 11 is 0. The third-order valence-electron chi connectivity index (χ3n) is 6.75. The van der Waals surface area contributed by atoms with E-state index in [1.807, 2.05) is 51.1 Å². The van der Waals surface area contributed by atoms with E-state index in [1.54, 1.807) is 23.7 Å². The lowest BCUT2D eigenvalue weighted by Gasteiger charge is -2.25. The number of hydrogen-bond donors (Lipinski definition) is 4. The van der Waals surface area contributed by atoms with Crippen molar-refractivity contribution in [3.05, 3.63) is 48.8 Å². The Labute approximate surface area is 254 Å². The van der Waals surface area contributed by atoms with Gasteiger partial charge in [0.2, 0.25) is 5.95 Å². The number of rotatable bonds is 11. The molecule has 0 saturated carbocycles. The SMILES string of the molecule is CNc1nc(N)nc2c1ncn2[C@@H]1O[C@H](CO[P@@](=O)(N[C@H](C)C(=O)OCC(C)(C)C)Oc2cccc3ccccc23)CC1=N. The molecule has 44 heavy (non-hydrogen) atoms. The van der Waals surface area contributed by atoms with E-state index in [-0.39, 0.29) is 36.7 Å². The predicted octanol–water partition coefficient (Wildman–Crippen LogP) is 4.68. The highest BCUT2D eigenvalue weighted by Gasteiger charge is 2.38. The average molecular weight is 625 g/mol. The molecule has 5 rings (SSSR count). The summed E-state index contributed by atoms with van der Waals surface area (Å²) < 4.78 is 39.3. The number of hydrogen-bond acceptors (Lipinski definition) is 12. The van der Waals surface area contributed by atoms with Gasteiger partial charge in [-0.15, -0.1) is 0 Å². The van der Waals surface area contributed by atoms with Crippen LogP contribution in [-0.4, -0.2) is 63.6 Å². The molecule has 1 fully saturated rings. The molecule has 1 aliphatic heterocycles. The number of nitrogen functional groups attached to an aromatic ring is 1. The number of benzene rings is 2. The van der Waals surface area contributed by atoms with Crippen molar-refractivity contribution in [2.24, 2.45) is 5.41 Å². The fourth-order valence-electron chi connectivity index (χ4n) is 4.65. The maximum absolute atomic E-state index is 14.2. The normalized spacial score (nSPS) is 19.2. The zero-order valence-electron chi connectivity index (χ0n) is 25.2. The summed E-state index contributed by atoms with van der Waals surface area (Å²) in [6, 6.07) is 11.8. The summed E-state index contributed by atoms with van der Waals surface area (Å²) in [7, 11) is -2.50. The Hall–Kier alpha value is -4.10. The molecule has 234 valence electrons. The monoisotopic (exact) mass is 624 g/mol. The van der Waals surface area contributed by atoms with Crippen LogP contribution in [0.25, 0.3) is 21.9 Å². The highest BCUT2D eigenvalue weighted by molar-refractivity contribution is 7.52. The lowest BCUT2D eigenvalue weighted by Crippen LogP contribution is -2.37. The van der Waals surface area contributed by atoms with Gasteiger partial charge in [0.05, 0.1) is 31.4 Å². The second kappa shape index (κ2) is 12.5. The van der Waals surface area contributed by atoms with Crippen LogP contribution in [0.1, 0.15) is 40.3 Å². The zero-order chi connectivity index (χ0) is 31.6. The summed E-state index contributed by atoms with van der Waals surface area (Å²) in [5.74, 6) is 0.206. The maximum atomic E-state index is 14.2. The van der Waals surface area contributed by atoms with Crippen LogP contribution in [0, 0.1) is 10.8 Å². The van der Waals surface area contributed by atoms with Gasteiger partial charge in [0.25, 0.3) is 0 Å². The first kappa shape index (κ1) is 31.3. The molecule has 14 nitrogen and oxygen atoms in total. The minimum atomic E-state index is -4.19. The molecule has 0 aliphatic carbocycles. The molecule has 2 aromatic heterocycles. The lowest BCUT2D eigenvalue weighted by molar-refractivity contribution is -0.148. The number of nitrogens with one attached hydrogen (secondary N) is 3.